The SMILES string of the molecule is CCCOc1cccc(Nc2cc(F)cc(F)c2F)c1N. The van der Waals surface area contributed by atoms with Crippen LogP contribution in [0.3, 0.4) is 0 Å². The number of hydrogen-bond donors (Lipinski definition) is 2. The van der Waals surface area contributed by atoms with E-state index in [1.165, 1.54) is 0 Å². The van der Waals surface area contributed by atoms with E-state index in [2.05, 4.69) is 5.32 Å². The van der Waals surface area contributed by atoms with Crippen LogP contribution >= 0.6 is 0 Å². The van der Waals surface area contributed by atoms with Gasteiger partial charge in [0.25, 0.3) is 0 Å². The summed E-state index contributed by atoms with van der Waals surface area (Å²) in [5.74, 6) is -2.89. The van der Waals surface area contributed by atoms with Crippen molar-refractivity contribution in [2.24, 2.45) is 0 Å². The first-order valence-electron chi connectivity index (χ1n) is 6.45. The van der Waals surface area contributed by atoms with Crippen molar-refractivity contribution in [2.45, 2.75) is 13.3 Å². The molecule has 0 radical (unpaired) electrons. The molecule has 0 heterocycles. The molecule has 0 atom stereocenters. The number of halogens is 3. The molecule has 112 valence electrons. The van der Waals surface area contributed by atoms with Crippen molar-refractivity contribution in [3.63, 3.8) is 0 Å². The second-order valence-corrected chi connectivity index (χ2v) is 4.44. The Bertz CT molecular complexity index is 647. The second kappa shape index (κ2) is 6.39. The van der Waals surface area contributed by atoms with Gasteiger partial charge in [0.2, 0.25) is 0 Å². The molecule has 0 bridgehead atoms. The maximum absolute atomic E-state index is 13.6. The smallest absolute Gasteiger partial charge is 0.182 e. The molecule has 21 heavy (non-hydrogen) atoms. The van der Waals surface area contributed by atoms with Gasteiger partial charge in [-0.2, -0.15) is 0 Å². The lowest BCUT2D eigenvalue weighted by molar-refractivity contribution is 0.319. The summed E-state index contributed by atoms with van der Waals surface area (Å²) in [4.78, 5) is 0. The summed E-state index contributed by atoms with van der Waals surface area (Å²) < 4.78 is 45.4. The van der Waals surface area contributed by atoms with Gasteiger partial charge in [-0.1, -0.05) is 13.0 Å². The minimum Gasteiger partial charge on any atom is -0.491 e. The first-order chi connectivity index (χ1) is 10.0. The Morgan fingerprint density at radius 2 is 1.90 bits per heavy atom. The standard InChI is InChI=1S/C15H15F3N2O/c1-2-6-21-13-5-3-4-11(15(13)19)20-12-8-9(16)7-10(17)14(12)18/h3-5,7-8,20H,2,6,19H2,1H3. The number of ether oxygens (including phenoxy) is 1. The van der Waals surface area contributed by atoms with Gasteiger partial charge >= 0.3 is 0 Å². The van der Waals surface area contributed by atoms with Gasteiger partial charge in [-0.05, 0) is 18.6 Å². The van der Waals surface area contributed by atoms with Gasteiger partial charge in [0.15, 0.2) is 11.6 Å². The molecule has 3 N–H and O–H groups in total. The third-order valence-corrected chi connectivity index (χ3v) is 2.79. The van der Waals surface area contributed by atoms with Crippen LogP contribution in [0.15, 0.2) is 30.3 Å². The van der Waals surface area contributed by atoms with E-state index in [0.717, 1.165) is 12.5 Å². The highest BCUT2D eigenvalue weighted by molar-refractivity contribution is 5.77. The third kappa shape index (κ3) is 3.39. The zero-order valence-corrected chi connectivity index (χ0v) is 11.4. The molecule has 0 fully saturated rings. The number of para-hydroxylation sites is 1. The fraction of sp³-hybridized carbons (Fsp3) is 0.200. The van der Waals surface area contributed by atoms with Crippen molar-refractivity contribution >= 4 is 17.1 Å². The maximum Gasteiger partial charge on any atom is 0.182 e. The van der Waals surface area contributed by atoms with Gasteiger partial charge < -0.3 is 15.8 Å². The molecule has 3 nitrogen and oxygen atoms in total. The van der Waals surface area contributed by atoms with Crippen molar-refractivity contribution in [1.29, 1.82) is 0 Å². The average molecular weight is 296 g/mol. The molecule has 2 rings (SSSR count). The van der Waals surface area contributed by atoms with Crippen LogP contribution in [0.25, 0.3) is 0 Å². The Labute approximate surface area is 120 Å². The lowest BCUT2D eigenvalue weighted by Gasteiger charge is -2.14. The van der Waals surface area contributed by atoms with Gasteiger partial charge in [0.05, 0.1) is 23.7 Å². The average Bonchev–Trinajstić information content (AvgIpc) is 2.45. The predicted octanol–water partition coefficient (Wildman–Crippen LogP) is 4.22. The quantitative estimate of drug-likeness (QED) is 0.641. The number of nitrogens with two attached hydrogens (primary N) is 1. The molecule has 0 saturated carbocycles. The van der Waals surface area contributed by atoms with Crippen LogP contribution in [0.5, 0.6) is 5.75 Å². The molecule has 2 aromatic rings. The van der Waals surface area contributed by atoms with Crippen LogP contribution in [-0.2, 0) is 0 Å². The van der Waals surface area contributed by atoms with Crippen molar-refractivity contribution < 1.29 is 17.9 Å². The van der Waals surface area contributed by atoms with Gasteiger partial charge in [-0.25, -0.2) is 13.2 Å². The highest BCUT2D eigenvalue weighted by atomic mass is 19.2. The number of nitrogens with one attached hydrogen (secondary N) is 1. The van der Waals surface area contributed by atoms with Crippen molar-refractivity contribution in [3.05, 3.63) is 47.8 Å². The van der Waals surface area contributed by atoms with E-state index in [1.807, 2.05) is 6.92 Å². The number of hydrogen-bond acceptors (Lipinski definition) is 3. The van der Waals surface area contributed by atoms with Crippen LogP contribution in [0.2, 0.25) is 0 Å². The minimum atomic E-state index is -1.27. The largest absolute Gasteiger partial charge is 0.491 e. The Balaban J connectivity index is 2.32. The lowest BCUT2D eigenvalue weighted by atomic mass is 10.2. The summed E-state index contributed by atoms with van der Waals surface area (Å²) in [6.45, 7) is 2.43. The van der Waals surface area contributed by atoms with E-state index in [9.17, 15) is 13.2 Å². The Morgan fingerprint density at radius 3 is 2.62 bits per heavy atom. The first kappa shape index (κ1) is 15.0. The second-order valence-electron chi connectivity index (χ2n) is 4.44. The molecule has 6 heteroatoms. The molecule has 0 spiro atoms. The zero-order valence-electron chi connectivity index (χ0n) is 11.4. The number of nitrogen functional groups attached to an aromatic ring is 1. The molecule has 0 saturated heterocycles. The fourth-order valence-electron chi connectivity index (χ4n) is 1.78. The Hall–Kier alpha value is -2.37. The van der Waals surface area contributed by atoms with E-state index >= 15 is 0 Å². The topological polar surface area (TPSA) is 47.3 Å². The molecule has 0 aliphatic rings. The minimum absolute atomic E-state index is 0.245. The normalized spacial score (nSPS) is 10.5. The summed E-state index contributed by atoms with van der Waals surface area (Å²) in [6.07, 6.45) is 0.806. The highest BCUT2D eigenvalue weighted by Crippen LogP contribution is 2.33. The molecule has 0 aromatic heterocycles. The number of rotatable bonds is 5. The summed E-state index contributed by atoms with van der Waals surface area (Å²) >= 11 is 0. The fourth-order valence-corrected chi connectivity index (χ4v) is 1.78. The maximum atomic E-state index is 13.6. The Kier molecular flexibility index (Phi) is 4.57. The summed E-state index contributed by atoms with van der Waals surface area (Å²) in [5.41, 5.74) is 6.13. The molecule has 0 unspecified atom stereocenters. The van der Waals surface area contributed by atoms with Crippen molar-refractivity contribution in [3.8, 4) is 5.75 Å². The zero-order chi connectivity index (χ0) is 15.4. The number of benzene rings is 2. The van der Waals surface area contributed by atoms with E-state index in [-0.39, 0.29) is 11.4 Å². The van der Waals surface area contributed by atoms with E-state index in [0.29, 0.717) is 24.1 Å². The van der Waals surface area contributed by atoms with Crippen LogP contribution in [-0.4, -0.2) is 6.61 Å². The number of anilines is 3. The molecule has 0 aliphatic carbocycles. The van der Waals surface area contributed by atoms with Gasteiger partial charge in [-0.3, -0.25) is 0 Å². The van der Waals surface area contributed by atoms with Crippen molar-refractivity contribution in [1.82, 2.24) is 0 Å². The molecule has 2 aromatic carbocycles. The summed E-state index contributed by atoms with van der Waals surface area (Å²) in [6, 6.07) is 6.22. The molecular formula is C15H15F3N2O. The van der Waals surface area contributed by atoms with Crippen LogP contribution in [0.1, 0.15) is 13.3 Å². The summed E-state index contributed by atoms with van der Waals surface area (Å²) in [7, 11) is 0. The molecule has 0 amide bonds. The monoisotopic (exact) mass is 296 g/mol. The van der Waals surface area contributed by atoms with Crippen molar-refractivity contribution in [2.75, 3.05) is 17.7 Å². The highest BCUT2D eigenvalue weighted by Gasteiger charge is 2.13. The Morgan fingerprint density at radius 1 is 1.14 bits per heavy atom. The van der Waals surface area contributed by atoms with Gasteiger partial charge in [0.1, 0.15) is 11.6 Å². The van der Waals surface area contributed by atoms with E-state index in [1.54, 1.807) is 18.2 Å². The molecule has 0 aliphatic heterocycles. The lowest BCUT2D eigenvalue weighted by Crippen LogP contribution is -2.04. The van der Waals surface area contributed by atoms with E-state index < -0.39 is 17.5 Å². The van der Waals surface area contributed by atoms with E-state index in [4.69, 9.17) is 10.5 Å². The predicted molar refractivity (Wildman–Crippen MR) is 76.2 cm³/mol. The van der Waals surface area contributed by atoms with Crippen LogP contribution < -0.4 is 15.8 Å². The first-order valence-corrected chi connectivity index (χ1v) is 6.45. The summed E-state index contributed by atoms with van der Waals surface area (Å²) in [5, 5.41) is 2.58. The third-order valence-electron chi connectivity index (χ3n) is 2.79. The molecular weight excluding hydrogens is 281 g/mol. The van der Waals surface area contributed by atoms with Gasteiger partial charge in [0, 0.05) is 12.1 Å². The van der Waals surface area contributed by atoms with Crippen LogP contribution in [0, 0.1) is 17.5 Å². The van der Waals surface area contributed by atoms with Gasteiger partial charge in [-0.15, -0.1) is 0 Å². The van der Waals surface area contributed by atoms with Crippen LogP contribution in [0.4, 0.5) is 30.2 Å².